The van der Waals surface area contributed by atoms with Crippen molar-refractivity contribution in [3.8, 4) is 22.6 Å². The molecule has 2 aromatic rings. The largest absolute Gasteiger partial charge is 0.496 e. The first-order chi connectivity index (χ1) is 12.1. The molecule has 0 bridgehead atoms. The number of ether oxygens (including phenoxy) is 2. The minimum absolute atomic E-state index is 0.241. The molecule has 0 saturated heterocycles. The van der Waals surface area contributed by atoms with E-state index >= 15 is 0 Å². The SMILES string of the molecule is COc1cccc(OC)c1-c1ccccc1P.ClC1CCCCC1Cl. The summed E-state index contributed by atoms with van der Waals surface area (Å²) >= 11 is 11.7. The fourth-order valence-corrected chi connectivity index (χ4v) is 3.79. The second-order valence-electron chi connectivity index (χ2n) is 5.94. The highest BCUT2D eigenvalue weighted by Crippen LogP contribution is 2.37. The smallest absolute Gasteiger partial charge is 0.130 e. The number of benzene rings is 2. The Balaban J connectivity index is 0.000000236. The summed E-state index contributed by atoms with van der Waals surface area (Å²) in [6.07, 6.45) is 4.74. The zero-order valence-electron chi connectivity index (χ0n) is 14.7. The third kappa shape index (κ3) is 5.51. The summed E-state index contributed by atoms with van der Waals surface area (Å²) in [4.78, 5) is 0. The lowest BCUT2D eigenvalue weighted by atomic mass is 10.00. The summed E-state index contributed by atoms with van der Waals surface area (Å²) in [5, 5.41) is 1.60. The Morgan fingerprint density at radius 3 is 1.80 bits per heavy atom. The van der Waals surface area contributed by atoms with Gasteiger partial charge in [-0.2, -0.15) is 0 Å². The summed E-state index contributed by atoms with van der Waals surface area (Å²) in [5.41, 5.74) is 2.09. The number of methoxy groups -OCH3 is 2. The van der Waals surface area contributed by atoms with Gasteiger partial charge in [-0.1, -0.05) is 43.2 Å². The minimum Gasteiger partial charge on any atom is -0.496 e. The van der Waals surface area contributed by atoms with Crippen molar-refractivity contribution in [2.24, 2.45) is 0 Å². The van der Waals surface area contributed by atoms with Crippen molar-refractivity contribution in [2.45, 2.75) is 36.4 Å². The van der Waals surface area contributed by atoms with Crippen LogP contribution in [0.25, 0.3) is 11.1 Å². The van der Waals surface area contributed by atoms with E-state index in [-0.39, 0.29) is 10.8 Å². The average Bonchev–Trinajstić information content (AvgIpc) is 2.64. The molecule has 3 rings (SSSR count). The molecule has 0 aromatic heterocycles. The summed E-state index contributed by atoms with van der Waals surface area (Å²) in [5.74, 6) is 1.64. The van der Waals surface area contributed by atoms with Gasteiger partial charge in [0.1, 0.15) is 11.5 Å². The van der Waals surface area contributed by atoms with E-state index in [1.165, 1.54) is 12.8 Å². The number of alkyl halides is 2. The fraction of sp³-hybridized carbons (Fsp3) is 0.400. The first kappa shape index (κ1) is 20.4. The van der Waals surface area contributed by atoms with Gasteiger partial charge < -0.3 is 9.47 Å². The third-order valence-corrected chi connectivity index (χ3v) is 5.94. The number of rotatable bonds is 3. The van der Waals surface area contributed by atoms with E-state index in [4.69, 9.17) is 32.7 Å². The molecule has 0 amide bonds. The number of hydrogen-bond acceptors (Lipinski definition) is 2. The molecule has 0 heterocycles. The van der Waals surface area contributed by atoms with E-state index in [1.54, 1.807) is 14.2 Å². The van der Waals surface area contributed by atoms with Crippen molar-refractivity contribution in [3.63, 3.8) is 0 Å². The van der Waals surface area contributed by atoms with E-state index in [9.17, 15) is 0 Å². The predicted octanol–water partition coefficient (Wildman–Crippen LogP) is 5.65. The Morgan fingerprint density at radius 2 is 1.36 bits per heavy atom. The summed E-state index contributed by atoms with van der Waals surface area (Å²) in [7, 11) is 6.08. The molecule has 1 aliphatic carbocycles. The highest BCUT2D eigenvalue weighted by atomic mass is 35.5. The molecule has 3 unspecified atom stereocenters. The van der Waals surface area contributed by atoms with Gasteiger partial charge in [-0.15, -0.1) is 32.4 Å². The lowest BCUT2D eigenvalue weighted by Crippen LogP contribution is -2.19. The second-order valence-corrected chi connectivity index (χ2v) is 7.68. The molecule has 0 N–H and O–H groups in total. The molecule has 1 fully saturated rings. The van der Waals surface area contributed by atoms with Crippen molar-refractivity contribution in [3.05, 3.63) is 42.5 Å². The average molecular weight is 399 g/mol. The lowest BCUT2D eigenvalue weighted by molar-refractivity contribution is 0.397. The number of halogens is 2. The van der Waals surface area contributed by atoms with Crippen molar-refractivity contribution < 1.29 is 9.47 Å². The molecule has 5 heteroatoms. The van der Waals surface area contributed by atoms with Gasteiger partial charge >= 0.3 is 0 Å². The van der Waals surface area contributed by atoms with Crippen LogP contribution in [-0.2, 0) is 0 Å². The highest BCUT2D eigenvalue weighted by molar-refractivity contribution is 7.28. The van der Waals surface area contributed by atoms with Gasteiger partial charge in [0.25, 0.3) is 0 Å². The second kappa shape index (κ2) is 10.3. The Kier molecular flexibility index (Phi) is 8.36. The minimum atomic E-state index is 0.241. The van der Waals surface area contributed by atoms with Crippen LogP contribution in [0.1, 0.15) is 25.7 Å². The van der Waals surface area contributed by atoms with Crippen molar-refractivity contribution in [1.82, 2.24) is 0 Å². The van der Waals surface area contributed by atoms with Crippen LogP contribution in [0.15, 0.2) is 42.5 Å². The normalized spacial score (nSPS) is 19.6. The highest BCUT2D eigenvalue weighted by Gasteiger charge is 2.19. The summed E-state index contributed by atoms with van der Waals surface area (Å²) < 4.78 is 10.8. The van der Waals surface area contributed by atoms with Crippen LogP contribution in [-0.4, -0.2) is 25.0 Å². The molecule has 0 radical (unpaired) electrons. The molecule has 136 valence electrons. The molecule has 2 aromatic carbocycles. The van der Waals surface area contributed by atoms with E-state index in [0.29, 0.717) is 0 Å². The Morgan fingerprint density at radius 1 is 0.840 bits per heavy atom. The van der Waals surface area contributed by atoms with Crippen LogP contribution in [0.5, 0.6) is 11.5 Å². The predicted molar refractivity (Wildman–Crippen MR) is 112 cm³/mol. The van der Waals surface area contributed by atoms with Crippen molar-refractivity contribution >= 4 is 37.7 Å². The molecular formula is C20H25Cl2O2P. The van der Waals surface area contributed by atoms with Crippen LogP contribution in [0, 0.1) is 0 Å². The topological polar surface area (TPSA) is 18.5 Å². The fourth-order valence-electron chi connectivity index (χ4n) is 2.88. The molecular weight excluding hydrogens is 374 g/mol. The van der Waals surface area contributed by atoms with Gasteiger partial charge in [0.05, 0.1) is 19.8 Å². The first-order valence-corrected chi connectivity index (χ1v) is 9.87. The van der Waals surface area contributed by atoms with Crippen LogP contribution in [0.2, 0.25) is 0 Å². The van der Waals surface area contributed by atoms with Gasteiger partial charge in [-0.05, 0) is 35.8 Å². The van der Waals surface area contributed by atoms with Crippen molar-refractivity contribution in [2.75, 3.05) is 14.2 Å². The maximum absolute atomic E-state index is 5.84. The van der Waals surface area contributed by atoms with E-state index in [1.807, 2.05) is 36.4 Å². The van der Waals surface area contributed by atoms with E-state index < -0.39 is 0 Å². The van der Waals surface area contributed by atoms with Crippen LogP contribution in [0.3, 0.4) is 0 Å². The molecule has 2 nitrogen and oxygen atoms in total. The maximum atomic E-state index is 5.84. The van der Waals surface area contributed by atoms with Gasteiger partial charge in [0.2, 0.25) is 0 Å². The zero-order valence-corrected chi connectivity index (χ0v) is 17.3. The van der Waals surface area contributed by atoms with Gasteiger partial charge in [-0.3, -0.25) is 0 Å². The first-order valence-electron chi connectivity index (χ1n) is 8.42. The Labute approximate surface area is 163 Å². The Hall–Kier alpha value is -0.950. The molecule has 0 aliphatic heterocycles. The molecule has 3 atom stereocenters. The molecule has 1 aliphatic rings. The lowest BCUT2D eigenvalue weighted by Gasteiger charge is -2.20. The molecule has 0 spiro atoms. The molecule has 1 saturated carbocycles. The van der Waals surface area contributed by atoms with Crippen molar-refractivity contribution in [1.29, 1.82) is 0 Å². The zero-order chi connectivity index (χ0) is 18.2. The maximum Gasteiger partial charge on any atom is 0.130 e. The standard InChI is InChI=1S/C14H15O2P.C6H10Cl2/c1-15-11-7-5-8-12(16-2)14(11)10-6-3-4-9-13(10)17;7-5-3-1-2-4-6(5)8/h3-9H,17H2,1-2H3;5-6H,1-4H2. The Bertz CT molecular complexity index is 646. The number of hydrogen-bond donors (Lipinski definition) is 0. The van der Waals surface area contributed by atoms with E-state index in [0.717, 1.165) is 40.8 Å². The van der Waals surface area contributed by atoms with Crippen LogP contribution >= 0.6 is 32.4 Å². The monoisotopic (exact) mass is 398 g/mol. The van der Waals surface area contributed by atoms with Crippen LogP contribution in [0.4, 0.5) is 0 Å². The summed E-state index contributed by atoms with van der Waals surface area (Å²) in [6, 6.07) is 13.9. The van der Waals surface area contributed by atoms with E-state index in [2.05, 4.69) is 15.3 Å². The van der Waals surface area contributed by atoms with Crippen LogP contribution < -0.4 is 14.8 Å². The van der Waals surface area contributed by atoms with Gasteiger partial charge in [0.15, 0.2) is 0 Å². The van der Waals surface area contributed by atoms with Gasteiger partial charge in [0, 0.05) is 10.8 Å². The third-order valence-electron chi connectivity index (χ3n) is 4.26. The summed E-state index contributed by atoms with van der Waals surface area (Å²) in [6.45, 7) is 0. The van der Waals surface area contributed by atoms with Gasteiger partial charge in [-0.25, -0.2) is 0 Å². The quantitative estimate of drug-likeness (QED) is 0.491. The molecule has 25 heavy (non-hydrogen) atoms.